The fraction of sp³-hybridized carbons (Fsp3) is 0.846. The number of primary amides is 1. The summed E-state index contributed by atoms with van der Waals surface area (Å²) in [5.74, 6) is -0.191. The van der Waals surface area contributed by atoms with Crippen molar-refractivity contribution in [2.75, 3.05) is 19.6 Å². The Morgan fingerprint density at radius 1 is 1.50 bits per heavy atom. The third-order valence-electron chi connectivity index (χ3n) is 3.81. The molecule has 2 fully saturated rings. The van der Waals surface area contributed by atoms with Crippen LogP contribution in [0.15, 0.2) is 0 Å². The van der Waals surface area contributed by atoms with Gasteiger partial charge in [0.25, 0.3) is 0 Å². The summed E-state index contributed by atoms with van der Waals surface area (Å²) in [4.78, 5) is 13.4. The lowest BCUT2D eigenvalue weighted by molar-refractivity contribution is -0.123. The molecule has 1 saturated carbocycles. The van der Waals surface area contributed by atoms with Crippen molar-refractivity contribution in [3.05, 3.63) is 0 Å². The molecule has 0 aromatic carbocycles. The van der Waals surface area contributed by atoms with Gasteiger partial charge in [-0.1, -0.05) is 0 Å². The molecule has 100 valence electrons. The average molecular weight is 250 g/mol. The predicted octanol–water partition coefficient (Wildman–Crippen LogP) is 0.218. The first-order valence-electron chi connectivity index (χ1n) is 6.86. The Balaban J connectivity index is 1.71. The van der Waals surface area contributed by atoms with Crippen molar-refractivity contribution < 1.29 is 4.79 Å². The first-order valence-corrected chi connectivity index (χ1v) is 6.86. The highest BCUT2D eigenvalue weighted by molar-refractivity contribution is 5.76. The predicted molar refractivity (Wildman–Crippen MR) is 68.5 cm³/mol. The first-order chi connectivity index (χ1) is 8.69. The summed E-state index contributed by atoms with van der Waals surface area (Å²) < 4.78 is 0. The van der Waals surface area contributed by atoms with E-state index in [9.17, 15) is 4.79 Å². The Kier molecular flexibility index (Phi) is 4.56. The molecule has 2 atom stereocenters. The second-order valence-corrected chi connectivity index (χ2v) is 5.45. The summed E-state index contributed by atoms with van der Waals surface area (Å²) in [6.45, 7) is 2.66. The number of piperidine rings is 1. The average Bonchev–Trinajstić information content (AvgIpc) is 3.18. The molecule has 0 radical (unpaired) electrons. The van der Waals surface area contributed by atoms with E-state index in [1.165, 1.54) is 12.8 Å². The van der Waals surface area contributed by atoms with Crippen molar-refractivity contribution in [1.29, 1.82) is 5.26 Å². The quantitative estimate of drug-likeness (QED) is 0.706. The van der Waals surface area contributed by atoms with Gasteiger partial charge in [-0.25, -0.2) is 0 Å². The molecule has 1 aliphatic carbocycles. The van der Waals surface area contributed by atoms with E-state index in [0.717, 1.165) is 38.9 Å². The van der Waals surface area contributed by atoms with E-state index in [1.54, 1.807) is 0 Å². The molecule has 0 aromatic rings. The monoisotopic (exact) mass is 250 g/mol. The number of nitrogens with two attached hydrogens (primary N) is 1. The molecule has 0 bridgehead atoms. The number of hydrogen-bond donors (Lipinski definition) is 2. The summed E-state index contributed by atoms with van der Waals surface area (Å²) in [6.07, 6.45) is 5.17. The van der Waals surface area contributed by atoms with Crippen molar-refractivity contribution in [2.45, 2.75) is 44.2 Å². The molecule has 5 heteroatoms. The molecule has 18 heavy (non-hydrogen) atoms. The van der Waals surface area contributed by atoms with E-state index in [4.69, 9.17) is 11.0 Å². The SMILES string of the molecule is N#CC(CCN1CCCC(C(N)=O)C1)NC1CC1. The number of likely N-dealkylation sites (tertiary alicyclic amines) is 1. The van der Waals surface area contributed by atoms with E-state index in [-0.39, 0.29) is 17.9 Å². The minimum absolute atomic E-state index is 0.00400. The number of rotatable bonds is 6. The molecule has 5 nitrogen and oxygen atoms in total. The van der Waals surface area contributed by atoms with E-state index in [1.807, 2.05) is 0 Å². The zero-order valence-corrected chi connectivity index (χ0v) is 10.8. The van der Waals surface area contributed by atoms with Crippen LogP contribution in [0.1, 0.15) is 32.1 Å². The van der Waals surface area contributed by atoms with Gasteiger partial charge in [-0.2, -0.15) is 5.26 Å². The summed E-state index contributed by atoms with van der Waals surface area (Å²) >= 11 is 0. The first kappa shape index (κ1) is 13.3. The third kappa shape index (κ3) is 3.97. The fourth-order valence-electron chi connectivity index (χ4n) is 2.52. The van der Waals surface area contributed by atoms with E-state index < -0.39 is 0 Å². The normalized spacial score (nSPS) is 26.5. The molecule has 1 heterocycles. The number of hydrogen-bond acceptors (Lipinski definition) is 4. The standard InChI is InChI=1S/C13H22N4O/c14-8-12(16-11-3-4-11)5-7-17-6-1-2-10(9-17)13(15)18/h10-12,16H,1-7,9H2,(H2,15,18). The van der Waals surface area contributed by atoms with Crippen molar-refractivity contribution in [3.8, 4) is 6.07 Å². The fourth-order valence-corrected chi connectivity index (χ4v) is 2.52. The van der Waals surface area contributed by atoms with Gasteiger partial charge in [0.2, 0.25) is 5.91 Å². The number of nitrogens with one attached hydrogen (secondary N) is 1. The van der Waals surface area contributed by atoms with Crippen molar-refractivity contribution >= 4 is 5.91 Å². The Bertz CT molecular complexity index is 334. The maximum atomic E-state index is 11.2. The van der Waals surface area contributed by atoms with E-state index in [2.05, 4.69) is 16.3 Å². The second kappa shape index (κ2) is 6.17. The molecule has 2 unspecified atom stereocenters. The Hall–Kier alpha value is -1.12. The van der Waals surface area contributed by atoms with Gasteiger partial charge in [-0.15, -0.1) is 0 Å². The second-order valence-electron chi connectivity index (χ2n) is 5.45. The Morgan fingerprint density at radius 2 is 2.28 bits per heavy atom. The molecular formula is C13H22N4O. The zero-order chi connectivity index (χ0) is 13.0. The molecule has 2 aliphatic rings. The maximum Gasteiger partial charge on any atom is 0.221 e. The molecule has 1 saturated heterocycles. The minimum Gasteiger partial charge on any atom is -0.369 e. The van der Waals surface area contributed by atoms with E-state index in [0.29, 0.717) is 6.04 Å². The van der Waals surface area contributed by atoms with Crippen LogP contribution in [0, 0.1) is 17.2 Å². The summed E-state index contributed by atoms with van der Waals surface area (Å²) in [7, 11) is 0. The molecular weight excluding hydrogens is 228 g/mol. The lowest BCUT2D eigenvalue weighted by Gasteiger charge is -2.31. The number of carbonyl (C=O) groups excluding carboxylic acids is 1. The van der Waals surface area contributed by atoms with Gasteiger partial charge in [0.1, 0.15) is 0 Å². The van der Waals surface area contributed by atoms with Crippen molar-refractivity contribution in [3.63, 3.8) is 0 Å². The smallest absolute Gasteiger partial charge is 0.221 e. The molecule has 0 spiro atoms. The van der Waals surface area contributed by atoms with Crippen molar-refractivity contribution in [1.82, 2.24) is 10.2 Å². The lowest BCUT2D eigenvalue weighted by atomic mass is 9.97. The van der Waals surface area contributed by atoms with Crippen LogP contribution in [0.4, 0.5) is 0 Å². The number of carbonyl (C=O) groups is 1. The van der Waals surface area contributed by atoms with Gasteiger partial charge in [0.05, 0.1) is 18.0 Å². The van der Waals surface area contributed by atoms with Crippen LogP contribution < -0.4 is 11.1 Å². The summed E-state index contributed by atoms with van der Waals surface area (Å²) in [6, 6.07) is 2.83. The van der Waals surface area contributed by atoms with Crippen LogP contribution in [0.5, 0.6) is 0 Å². The highest BCUT2D eigenvalue weighted by Gasteiger charge is 2.26. The largest absolute Gasteiger partial charge is 0.369 e. The molecule has 1 amide bonds. The summed E-state index contributed by atoms with van der Waals surface area (Å²) in [5, 5.41) is 12.4. The highest BCUT2D eigenvalue weighted by atomic mass is 16.1. The van der Waals surface area contributed by atoms with Gasteiger partial charge >= 0.3 is 0 Å². The lowest BCUT2D eigenvalue weighted by Crippen LogP contribution is -2.43. The van der Waals surface area contributed by atoms with Gasteiger partial charge in [-0.05, 0) is 38.6 Å². The van der Waals surface area contributed by atoms with Gasteiger partial charge in [0.15, 0.2) is 0 Å². The number of amides is 1. The van der Waals surface area contributed by atoms with Gasteiger partial charge in [-0.3, -0.25) is 10.1 Å². The van der Waals surface area contributed by atoms with Gasteiger partial charge < -0.3 is 10.6 Å². The minimum atomic E-state index is -0.187. The van der Waals surface area contributed by atoms with Crippen LogP contribution in [0.25, 0.3) is 0 Å². The maximum absolute atomic E-state index is 11.2. The Labute approximate surface area is 108 Å². The van der Waals surface area contributed by atoms with Crippen LogP contribution >= 0.6 is 0 Å². The molecule has 3 N–H and O–H groups in total. The molecule has 2 rings (SSSR count). The number of nitriles is 1. The third-order valence-corrected chi connectivity index (χ3v) is 3.81. The molecule has 1 aliphatic heterocycles. The van der Waals surface area contributed by atoms with Crippen LogP contribution in [-0.4, -0.2) is 42.5 Å². The Morgan fingerprint density at radius 3 is 2.89 bits per heavy atom. The van der Waals surface area contributed by atoms with Crippen molar-refractivity contribution in [2.24, 2.45) is 11.7 Å². The van der Waals surface area contributed by atoms with E-state index >= 15 is 0 Å². The highest BCUT2D eigenvalue weighted by Crippen LogP contribution is 2.20. The van der Waals surface area contributed by atoms with Gasteiger partial charge in [0, 0.05) is 19.1 Å². The summed E-state index contributed by atoms with van der Waals surface area (Å²) in [5.41, 5.74) is 5.36. The molecule has 0 aromatic heterocycles. The zero-order valence-electron chi connectivity index (χ0n) is 10.8. The number of nitrogens with zero attached hydrogens (tertiary/aromatic N) is 2. The van der Waals surface area contributed by atoms with Crippen LogP contribution in [0.2, 0.25) is 0 Å². The van der Waals surface area contributed by atoms with Crippen LogP contribution in [-0.2, 0) is 4.79 Å². The van der Waals surface area contributed by atoms with Crippen LogP contribution in [0.3, 0.4) is 0 Å². The topological polar surface area (TPSA) is 82.2 Å².